The molecule has 1 aliphatic rings. The van der Waals surface area contributed by atoms with E-state index in [1.165, 1.54) is 0 Å². The van der Waals surface area contributed by atoms with Crippen molar-refractivity contribution < 1.29 is 4.79 Å². The first-order valence-electron chi connectivity index (χ1n) is 7.66. The molecule has 0 aliphatic carbocycles. The van der Waals surface area contributed by atoms with Gasteiger partial charge in [0.05, 0.1) is 17.8 Å². The molecule has 0 spiro atoms. The molecular formula is C18H16N4OS. The largest absolute Gasteiger partial charge is 0.281 e. The molecule has 0 radical (unpaired) electrons. The monoisotopic (exact) mass is 336 g/mol. The van der Waals surface area contributed by atoms with Gasteiger partial charge in [-0.3, -0.25) is 14.3 Å². The zero-order chi connectivity index (χ0) is 16.7. The molecule has 6 heteroatoms. The van der Waals surface area contributed by atoms with Crippen LogP contribution >= 0.6 is 11.8 Å². The quantitative estimate of drug-likeness (QED) is 0.672. The maximum atomic E-state index is 13.0. The summed E-state index contributed by atoms with van der Waals surface area (Å²) >= 11 is 1.66. The van der Waals surface area contributed by atoms with Crippen molar-refractivity contribution in [3.63, 3.8) is 0 Å². The van der Waals surface area contributed by atoms with Crippen LogP contribution in [0.15, 0.2) is 53.4 Å². The van der Waals surface area contributed by atoms with Crippen molar-refractivity contribution in [3.05, 3.63) is 60.2 Å². The summed E-state index contributed by atoms with van der Waals surface area (Å²) in [6, 6.07) is 15.9. The van der Waals surface area contributed by atoms with Crippen LogP contribution in [0, 0.1) is 6.92 Å². The van der Waals surface area contributed by atoms with E-state index < -0.39 is 0 Å². The molecule has 24 heavy (non-hydrogen) atoms. The molecular weight excluding hydrogens is 320 g/mol. The fourth-order valence-electron chi connectivity index (χ4n) is 3.04. The number of thioether (sulfide) groups is 1. The molecule has 3 aromatic rings. The molecule has 2 heterocycles. The molecule has 0 atom stereocenters. The second-order valence-electron chi connectivity index (χ2n) is 5.59. The van der Waals surface area contributed by atoms with Gasteiger partial charge in [-0.2, -0.15) is 0 Å². The van der Waals surface area contributed by atoms with Crippen molar-refractivity contribution in [3.8, 4) is 5.69 Å². The van der Waals surface area contributed by atoms with Crippen LogP contribution in [0.3, 0.4) is 0 Å². The lowest BCUT2D eigenvalue weighted by Crippen LogP contribution is -2.26. The molecule has 120 valence electrons. The van der Waals surface area contributed by atoms with Gasteiger partial charge < -0.3 is 0 Å². The van der Waals surface area contributed by atoms with E-state index in [4.69, 9.17) is 0 Å². The normalized spacial score (nSPS) is 13.4. The number of carbonyl (C=O) groups is 1. The molecule has 1 aliphatic heterocycles. The van der Waals surface area contributed by atoms with Crippen LogP contribution in [0.1, 0.15) is 11.6 Å². The van der Waals surface area contributed by atoms with Gasteiger partial charge in [0.15, 0.2) is 0 Å². The Bertz CT molecular complexity index is 920. The number of fused-ring (bicyclic) bond motifs is 3. The second kappa shape index (κ2) is 5.79. The van der Waals surface area contributed by atoms with Gasteiger partial charge in [0.1, 0.15) is 11.6 Å². The Morgan fingerprint density at radius 1 is 1.04 bits per heavy atom. The number of hydrogen-bond donors (Lipinski definition) is 0. The van der Waals surface area contributed by atoms with Crippen LogP contribution in [-0.4, -0.2) is 26.9 Å². The summed E-state index contributed by atoms with van der Waals surface area (Å²) in [7, 11) is 0. The number of para-hydroxylation sites is 1. The molecule has 0 fully saturated rings. The lowest BCUT2D eigenvalue weighted by Gasteiger charge is -2.23. The van der Waals surface area contributed by atoms with Gasteiger partial charge in [-0.25, -0.2) is 0 Å². The Kier molecular flexibility index (Phi) is 3.61. The number of aromatic nitrogens is 3. The standard InChI is InChI=1S/C18H16N4OS/c1-12-19-20-17-11-18(23)22(13-6-4-3-5-7-13)16-10-14(24-2)8-9-15(16)21(12)17/h3-10H,11H2,1-2H3. The number of amides is 1. The summed E-state index contributed by atoms with van der Waals surface area (Å²) in [5, 5.41) is 8.35. The zero-order valence-electron chi connectivity index (χ0n) is 13.4. The first-order chi connectivity index (χ1) is 11.7. The lowest BCUT2D eigenvalue weighted by molar-refractivity contribution is -0.117. The van der Waals surface area contributed by atoms with Crippen molar-refractivity contribution in [1.82, 2.24) is 14.8 Å². The van der Waals surface area contributed by atoms with Crippen molar-refractivity contribution in [1.29, 1.82) is 0 Å². The number of nitrogens with zero attached hydrogens (tertiary/aromatic N) is 4. The summed E-state index contributed by atoms with van der Waals surface area (Å²) in [6.07, 6.45) is 2.25. The Hall–Kier alpha value is -2.60. The highest BCUT2D eigenvalue weighted by atomic mass is 32.2. The molecule has 0 N–H and O–H groups in total. The van der Waals surface area contributed by atoms with E-state index in [0.717, 1.165) is 27.8 Å². The Morgan fingerprint density at radius 3 is 2.58 bits per heavy atom. The third kappa shape index (κ3) is 2.30. The van der Waals surface area contributed by atoms with E-state index in [-0.39, 0.29) is 12.3 Å². The minimum absolute atomic E-state index is 0.00754. The number of benzene rings is 2. The lowest BCUT2D eigenvalue weighted by atomic mass is 10.2. The molecule has 1 aromatic heterocycles. The molecule has 0 unspecified atom stereocenters. The van der Waals surface area contributed by atoms with Crippen molar-refractivity contribution in [2.45, 2.75) is 18.2 Å². The molecule has 4 rings (SSSR count). The van der Waals surface area contributed by atoms with E-state index >= 15 is 0 Å². The van der Waals surface area contributed by atoms with Crippen molar-refractivity contribution in [2.75, 3.05) is 11.2 Å². The Labute approximate surface area is 144 Å². The van der Waals surface area contributed by atoms with Crippen molar-refractivity contribution in [2.24, 2.45) is 0 Å². The molecule has 2 aromatic carbocycles. The highest BCUT2D eigenvalue weighted by Gasteiger charge is 2.29. The van der Waals surface area contributed by atoms with Crippen LogP contribution in [0.5, 0.6) is 0 Å². The predicted octanol–water partition coefficient (Wildman–Crippen LogP) is 3.52. The summed E-state index contributed by atoms with van der Waals surface area (Å²) < 4.78 is 1.97. The third-order valence-electron chi connectivity index (χ3n) is 4.13. The van der Waals surface area contributed by atoms with E-state index in [9.17, 15) is 4.79 Å². The molecule has 0 bridgehead atoms. The maximum absolute atomic E-state index is 13.0. The summed E-state index contributed by atoms with van der Waals surface area (Å²) in [5.74, 6) is 1.45. The topological polar surface area (TPSA) is 51.0 Å². The molecule has 0 saturated carbocycles. The fraction of sp³-hybridized carbons (Fsp3) is 0.167. The number of carbonyl (C=O) groups excluding carboxylic acids is 1. The zero-order valence-corrected chi connectivity index (χ0v) is 14.2. The molecule has 1 amide bonds. The minimum atomic E-state index is -0.00754. The van der Waals surface area contributed by atoms with Gasteiger partial charge in [-0.15, -0.1) is 22.0 Å². The highest BCUT2D eigenvalue weighted by Crippen LogP contribution is 2.37. The number of anilines is 2. The van der Waals surface area contributed by atoms with Crippen LogP contribution in [0.4, 0.5) is 11.4 Å². The Balaban J connectivity index is 2.01. The number of hydrogen-bond acceptors (Lipinski definition) is 4. The third-order valence-corrected chi connectivity index (χ3v) is 4.85. The van der Waals surface area contributed by atoms with E-state index in [0.29, 0.717) is 5.82 Å². The predicted molar refractivity (Wildman–Crippen MR) is 95.2 cm³/mol. The first kappa shape index (κ1) is 15.0. The Morgan fingerprint density at radius 2 is 1.83 bits per heavy atom. The first-order valence-corrected chi connectivity index (χ1v) is 8.89. The van der Waals surface area contributed by atoms with Gasteiger partial charge in [0.25, 0.3) is 0 Å². The second-order valence-corrected chi connectivity index (χ2v) is 6.47. The van der Waals surface area contributed by atoms with Gasteiger partial charge >= 0.3 is 0 Å². The van der Waals surface area contributed by atoms with Gasteiger partial charge in [-0.05, 0) is 43.5 Å². The molecule has 0 saturated heterocycles. The maximum Gasteiger partial charge on any atom is 0.239 e. The van der Waals surface area contributed by atoms with Gasteiger partial charge in [0, 0.05) is 10.6 Å². The smallest absolute Gasteiger partial charge is 0.239 e. The number of rotatable bonds is 2. The van der Waals surface area contributed by atoms with Crippen LogP contribution in [0.25, 0.3) is 5.69 Å². The van der Waals surface area contributed by atoms with Crippen molar-refractivity contribution >= 4 is 29.0 Å². The average Bonchev–Trinajstić information content (AvgIpc) is 2.90. The van der Waals surface area contributed by atoms with E-state index in [1.54, 1.807) is 16.7 Å². The van der Waals surface area contributed by atoms with Gasteiger partial charge in [-0.1, -0.05) is 18.2 Å². The van der Waals surface area contributed by atoms with Crippen LogP contribution in [-0.2, 0) is 11.2 Å². The average molecular weight is 336 g/mol. The number of aryl methyl sites for hydroxylation is 1. The fourth-order valence-corrected chi connectivity index (χ4v) is 3.47. The SMILES string of the molecule is CSc1ccc2c(c1)N(c1ccccc1)C(=O)Cc1nnc(C)n1-2. The summed E-state index contributed by atoms with van der Waals surface area (Å²) in [6.45, 7) is 1.91. The van der Waals surface area contributed by atoms with Gasteiger partial charge in [0.2, 0.25) is 5.91 Å². The summed E-state index contributed by atoms with van der Waals surface area (Å²) in [5.41, 5.74) is 2.65. The van der Waals surface area contributed by atoms with Crippen LogP contribution < -0.4 is 4.90 Å². The van der Waals surface area contributed by atoms with Crippen LogP contribution in [0.2, 0.25) is 0 Å². The summed E-state index contributed by atoms with van der Waals surface area (Å²) in [4.78, 5) is 15.9. The molecule has 5 nitrogen and oxygen atoms in total. The van der Waals surface area contributed by atoms with E-state index in [2.05, 4.69) is 22.3 Å². The minimum Gasteiger partial charge on any atom is -0.281 e. The highest BCUT2D eigenvalue weighted by molar-refractivity contribution is 7.98. The van der Waals surface area contributed by atoms with E-state index in [1.807, 2.05) is 54.1 Å².